The second kappa shape index (κ2) is 10.9. The molecule has 164 valence electrons. The molecule has 0 spiro atoms. The van der Waals surface area contributed by atoms with Gasteiger partial charge in [0.1, 0.15) is 6.04 Å². The van der Waals surface area contributed by atoms with Crippen molar-refractivity contribution in [2.24, 2.45) is 0 Å². The van der Waals surface area contributed by atoms with Gasteiger partial charge >= 0.3 is 0 Å². The highest BCUT2D eigenvalue weighted by Gasteiger charge is 2.25. The summed E-state index contributed by atoms with van der Waals surface area (Å²) < 4.78 is 53.8. The van der Waals surface area contributed by atoms with E-state index in [-0.39, 0.29) is 16.3 Å². The molecule has 0 aliphatic carbocycles. The van der Waals surface area contributed by atoms with Gasteiger partial charge in [-0.15, -0.1) is 0 Å². The third-order valence-corrected chi connectivity index (χ3v) is 7.77. The molecule has 0 fully saturated rings. The number of nitrogens with one attached hydrogen (secondary N) is 3. The smallest absolute Gasteiger partial charge is 0.241 e. The van der Waals surface area contributed by atoms with E-state index in [4.69, 9.17) is 0 Å². The molecule has 8 nitrogen and oxygen atoms in total. The normalized spacial score (nSPS) is 13.0. The van der Waals surface area contributed by atoms with E-state index in [0.717, 1.165) is 0 Å². The summed E-state index contributed by atoms with van der Waals surface area (Å²) in [7, 11) is -6.14. The van der Waals surface area contributed by atoms with Crippen molar-refractivity contribution in [1.29, 1.82) is 0 Å². The Bertz CT molecular complexity index is 1060. The Labute approximate surface area is 181 Å². The van der Waals surface area contributed by atoms with Crippen molar-refractivity contribution >= 4 is 37.7 Å². The summed E-state index contributed by atoms with van der Waals surface area (Å²) in [4.78, 5) is 12.9. The Hall–Kier alpha value is -1.92. The minimum atomic E-state index is -3.86. The third kappa shape index (κ3) is 6.81. The number of benzene rings is 2. The van der Waals surface area contributed by atoms with Crippen molar-refractivity contribution in [3.05, 3.63) is 60.2 Å². The first kappa shape index (κ1) is 24.4. The summed E-state index contributed by atoms with van der Waals surface area (Å²) in [6, 6.07) is 13.1. The van der Waals surface area contributed by atoms with E-state index < -0.39 is 32.0 Å². The molecule has 2 aromatic carbocycles. The largest absolute Gasteiger partial charge is 0.351 e. The molecular weight excluding hydrogens is 446 g/mol. The first-order chi connectivity index (χ1) is 14.2. The molecule has 2 aromatic rings. The number of carbonyl (C=O) groups is 1. The van der Waals surface area contributed by atoms with Gasteiger partial charge in [-0.05, 0) is 55.3 Å². The Morgan fingerprint density at radius 3 is 2.27 bits per heavy atom. The molecule has 0 saturated carbocycles. The summed E-state index contributed by atoms with van der Waals surface area (Å²) in [5.41, 5.74) is 0.578. The molecule has 1 unspecified atom stereocenters. The van der Waals surface area contributed by atoms with E-state index in [1.807, 2.05) is 6.26 Å². The van der Waals surface area contributed by atoms with Crippen molar-refractivity contribution in [1.82, 2.24) is 14.8 Å². The van der Waals surface area contributed by atoms with Crippen molar-refractivity contribution in [3.63, 3.8) is 0 Å². The first-order valence-corrected chi connectivity index (χ1v) is 13.4. The van der Waals surface area contributed by atoms with E-state index in [2.05, 4.69) is 14.8 Å². The number of amides is 1. The average Bonchev–Trinajstić information content (AvgIpc) is 2.75. The fourth-order valence-corrected chi connectivity index (χ4v) is 5.11. The molecule has 11 heteroatoms. The van der Waals surface area contributed by atoms with Crippen LogP contribution in [0.5, 0.6) is 0 Å². The number of carbonyl (C=O) groups excluding carboxylic acids is 1. The van der Waals surface area contributed by atoms with Gasteiger partial charge in [0, 0.05) is 6.54 Å². The Morgan fingerprint density at radius 2 is 1.63 bits per heavy atom. The zero-order valence-electron chi connectivity index (χ0n) is 16.7. The van der Waals surface area contributed by atoms with Gasteiger partial charge in [-0.2, -0.15) is 16.5 Å². The van der Waals surface area contributed by atoms with Crippen LogP contribution in [0.15, 0.2) is 64.4 Å². The predicted molar refractivity (Wildman–Crippen MR) is 118 cm³/mol. The number of hydrogen-bond donors (Lipinski definition) is 3. The number of hydrogen-bond acceptors (Lipinski definition) is 6. The zero-order valence-corrected chi connectivity index (χ0v) is 19.1. The van der Waals surface area contributed by atoms with Gasteiger partial charge in [0.2, 0.25) is 26.0 Å². The second-order valence-electron chi connectivity index (χ2n) is 6.34. The summed E-state index contributed by atoms with van der Waals surface area (Å²) in [6.07, 6.45) is 2.18. The Morgan fingerprint density at radius 1 is 0.967 bits per heavy atom. The highest BCUT2D eigenvalue weighted by molar-refractivity contribution is 7.98. The Balaban J connectivity index is 2.12. The summed E-state index contributed by atoms with van der Waals surface area (Å²) in [5.74, 6) is 0.108. The maximum Gasteiger partial charge on any atom is 0.241 e. The quantitative estimate of drug-likeness (QED) is 0.454. The second-order valence-corrected chi connectivity index (χ2v) is 10.9. The minimum Gasteiger partial charge on any atom is -0.351 e. The fraction of sp³-hybridized carbons (Fsp3) is 0.316. The maximum absolute atomic E-state index is 12.7. The fourth-order valence-electron chi connectivity index (χ4n) is 2.59. The molecule has 0 heterocycles. The van der Waals surface area contributed by atoms with Crippen LogP contribution < -0.4 is 14.8 Å². The SMILES string of the molecule is CNS(=O)(=O)c1cccc(CNC(=O)C(CCSC)NS(=O)(=O)c2ccccc2)c1. The average molecular weight is 472 g/mol. The molecule has 0 aromatic heterocycles. The van der Waals surface area contributed by atoms with Crippen LogP contribution >= 0.6 is 11.8 Å². The molecule has 0 radical (unpaired) electrons. The highest BCUT2D eigenvalue weighted by atomic mass is 32.2. The van der Waals surface area contributed by atoms with E-state index >= 15 is 0 Å². The van der Waals surface area contributed by atoms with Crippen LogP contribution in [0.3, 0.4) is 0 Å². The van der Waals surface area contributed by atoms with Crippen LogP contribution in [0.4, 0.5) is 0 Å². The lowest BCUT2D eigenvalue weighted by molar-refractivity contribution is -0.122. The number of rotatable bonds is 11. The van der Waals surface area contributed by atoms with Crippen LogP contribution in [0.25, 0.3) is 0 Å². The number of thioether (sulfide) groups is 1. The van der Waals surface area contributed by atoms with Crippen LogP contribution in [-0.2, 0) is 31.4 Å². The molecule has 0 aliphatic heterocycles. The van der Waals surface area contributed by atoms with Gasteiger partial charge in [-0.25, -0.2) is 21.6 Å². The lowest BCUT2D eigenvalue weighted by atomic mass is 10.2. The van der Waals surface area contributed by atoms with Crippen molar-refractivity contribution in [3.8, 4) is 0 Å². The summed E-state index contributed by atoms with van der Waals surface area (Å²) in [5, 5.41) is 2.69. The van der Waals surface area contributed by atoms with Crippen LogP contribution in [0, 0.1) is 0 Å². The van der Waals surface area contributed by atoms with Gasteiger partial charge in [-0.1, -0.05) is 30.3 Å². The molecule has 2 rings (SSSR count). The standard InChI is InChI=1S/C19H25N3O5S3/c1-20-29(24,25)17-10-6-7-15(13-17)14-21-19(23)18(11-12-28-2)22-30(26,27)16-8-4-3-5-9-16/h3-10,13,18,20,22H,11-12,14H2,1-2H3,(H,21,23). The van der Waals surface area contributed by atoms with Crippen LogP contribution in [0.2, 0.25) is 0 Å². The monoisotopic (exact) mass is 471 g/mol. The van der Waals surface area contributed by atoms with E-state index in [1.54, 1.807) is 30.3 Å². The molecule has 3 N–H and O–H groups in total. The van der Waals surface area contributed by atoms with Crippen LogP contribution in [0.1, 0.15) is 12.0 Å². The van der Waals surface area contributed by atoms with Crippen molar-refractivity contribution < 1.29 is 21.6 Å². The van der Waals surface area contributed by atoms with Crippen molar-refractivity contribution in [2.75, 3.05) is 19.1 Å². The van der Waals surface area contributed by atoms with Gasteiger partial charge in [-0.3, -0.25) is 4.79 Å². The van der Waals surface area contributed by atoms with E-state index in [1.165, 1.54) is 43.1 Å². The van der Waals surface area contributed by atoms with E-state index in [9.17, 15) is 21.6 Å². The third-order valence-electron chi connectivity index (χ3n) is 4.22. The first-order valence-electron chi connectivity index (χ1n) is 9.06. The molecule has 0 saturated heterocycles. The van der Waals surface area contributed by atoms with Crippen molar-refractivity contribution in [2.45, 2.75) is 28.8 Å². The predicted octanol–water partition coefficient (Wildman–Crippen LogP) is 1.31. The van der Waals surface area contributed by atoms with Gasteiger partial charge < -0.3 is 5.32 Å². The molecule has 30 heavy (non-hydrogen) atoms. The maximum atomic E-state index is 12.7. The van der Waals surface area contributed by atoms with Gasteiger partial charge in [0.05, 0.1) is 9.79 Å². The van der Waals surface area contributed by atoms with E-state index in [0.29, 0.717) is 17.7 Å². The molecule has 0 aliphatic rings. The summed E-state index contributed by atoms with van der Waals surface area (Å²) >= 11 is 1.50. The molecule has 0 bridgehead atoms. The molecule has 1 atom stereocenters. The zero-order chi connectivity index (χ0) is 22.2. The lowest BCUT2D eigenvalue weighted by Gasteiger charge is -2.18. The Kier molecular flexibility index (Phi) is 8.86. The summed E-state index contributed by atoms with van der Waals surface area (Å²) in [6.45, 7) is 0.0642. The topological polar surface area (TPSA) is 121 Å². The van der Waals surface area contributed by atoms with Gasteiger partial charge in [0.25, 0.3) is 0 Å². The molecule has 1 amide bonds. The molecular formula is C19H25N3O5S3. The van der Waals surface area contributed by atoms with Gasteiger partial charge in [0.15, 0.2) is 0 Å². The van der Waals surface area contributed by atoms with Crippen LogP contribution in [-0.4, -0.2) is 47.8 Å². The number of sulfonamides is 2. The lowest BCUT2D eigenvalue weighted by Crippen LogP contribution is -2.46. The highest BCUT2D eigenvalue weighted by Crippen LogP contribution is 2.13. The minimum absolute atomic E-state index is 0.0642.